The molecule has 0 aromatic heterocycles. The molecule has 10 heteroatoms. The van der Waals surface area contributed by atoms with Crippen LogP contribution in [0.15, 0.2) is 84.0 Å². The first-order valence-electron chi connectivity index (χ1n) is 10.5. The van der Waals surface area contributed by atoms with Gasteiger partial charge in [0, 0.05) is 11.6 Å². The fraction of sp³-hybridized carbons (Fsp3) is 0.111. The van der Waals surface area contributed by atoms with E-state index in [0.717, 1.165) is 12.1 Å². The molecule has 0 nitrogen and oxygen atoms in total. The lowest BCUT2D eigenvalue weighted by molar-refractivity contribution is -0.0931. The Bertz CT molecular complexity index is 1610. The third-order valence-electron chi connectivity index (χ3n) is 5.79. The van der Waals surface area contributed by atoms with Crippen LogP contribution in [-0.4, -0.2) is 12.3 Å². The summed E-state index contributed by atoms with van der Waals surface area (Å²) in [6.45, 7) is 3.49. The molecular weight excluding hydrogens is 514 g/mol. The zero-order chi connectivity index (χ0) is 27.2. The maximum Gasteiger partial charge on any atom is 0.421 e. The molecular formula is C27H14F10. The van der Waals surface area contributed by atoms with Crippen molar-refractivity contribution in [3.8, 4) is 0 Å². The maximum absolute atomic E-state index is 14.9. The second kappa shape index (κ2) is 9.57. The van der Waals surface area contributed by atoms with Crippen LogP contribution in [0.3, 0.4) is 0 Å². The van der Waals surface area contributed by atoms with E-state index in [4.69, 9.17) is 0 Å². The normalized spacial score (nSPS) is 18.3. The largest absolute Gasteiger partial charge is 0.421 e. The molecule has 1 unspecified atom stereocenters. The van der Waals surface area contributed by atoms with E-state index in [2.05, 4.69) is 6.58 Å². The van der Waals surface area contributed by atoms with Crippen molar-refractivity contribution in [3.05, 3.63) is 128 Å². The van der Waals surface area contributed by atoms with Gasteiger partial charge < -0.3 is 0 Å². The predicted octanol–water partition coefficient (Wildman–Crippen LogP) is 6.89. The Morgan fingerprint density at radius 1 is 0.784 bits per heavy atom. The average Bonchev–Trinajstić information content (AvgIpc) is 2.76. The van der Waals surface area contributed by atoms with Gasteiger partial charge in [0.15, 0.2) is 0 Å². The van der Waals surface area contributed by atoms with Crippen molar-refractivity contribution >= 4 is 11.1 Å². The number of allylic oxidation sites excluding steroid dienone is 9. The van der Waals surface area contributed by atoms with E-state index in [1.807, 2.05) is 0 Å². The fourth-order valence-electron chi connectivity index (χ4n) is 4.13. The van der Waals surface area contributed by atoms with E-state index in [0.29, 0.717) is 17.7 Å². The summed E-state index contributed by atoms with van der Waals surface area (Å²) in [6.07, 6.45) is -2.85. The van der Waals surface area contributed by atoms with Gasteiger partial charge in [0.1, 0.15) is 46.7 Å². The summed E-state index contributed by atoms with van der Waals surface area (Å²) in [5, 5.41) is -2.73. The first-order valence-corrected chi connectivity index (χ1v) is 10.5. The van der Waals surface area contributed by atoms with Gasteiger partial charge in [0.2, 0.25) is 0 Å². The highest BCUT2D eigenvalue weighted by Gasteiger charge is 2.41. The van der Waals surface area contributed by atoms with Crippen molar-refractivity contribution in [3.63, 3.8) is 0 Å². The lowest BCUT2D eigenvalue weighted by Gasteiger charge is -2.17. The minimum absolute atomic E-state index is 0.0709. The molecule has 4 rings (SSSR count). The quantitative estimate of drug-likeness (QED) is 0.354. The Labute approximate surface area is 202 Å². The lowest BCUT2D eigenvalue weighted by Crippen LogP contribution is -2.21. The van der Waals surface area contributed by atoms with E-state index in [1.54, 1.807) is 0 Å². The Balaban J connectivity index is 1.93. The van der Waals surface area contributed by atoms with Gasteiger partial charge in [-0.1, -0.05) is 24.8 Å². The maximum atomic E-state index is 14.9. The van der Waals surface area contributed by atoms with Gasteiger partial charge in [-0.2, -0.15) is 13.2 Å². The fourth-order valence-corrected chi connectivity index (χ4v) is 4.13. The molecule has 0 bridgehead atoms. The summed E-state index contributed by atoms with van der Waals surface area (Å²) in [6, 6.07) is 2.50. The van der Waals surface area contributed by atoms with Crippen LogP contribution in [0.1, 0.15) is 6.42 Å². The van der Waals surface area contributed by atoms with Crippen LogP contribution in [-0.2, 0) is 0 Å². The van der Waals surface area contributed by atoms with Crippen LogP contribution >= 0.6 is 0 Å². The molecule has 0 aliphatic heterocycles. The number of halogens is 10. The van der Waals surface area contributed by atoms with Crippen LogP contribution in [0.2, 0.25) is 0 Å². The molecule has 2 aromatic carbocycles. The molecule has 0 fully saturated rings. The third kappa shape index (κ3) is 4.92. The molecule has 2 aromatic rings. The van der Waals surface area contributed by atoms with E-state index in [1.165, 1.54) is 24.3 Å². The smallest absolute Gasteiger partial charge is 0.238 e. The molecule has 37 heavy (non-hydrogen) atoms. The van der Waals surface area contributed by atoms with E-state index < -0.39 is 80.5 Å². The highest BCUT2D eigenvalue weighted by Crippen LogP contribution is 2.40. The van der Waals surface area contributed by atoms with Crippen LogP contribution < -0.4 is 10.4 Å². The topological polar surface area (TPSA) is 0 Å². The van der Waals surface area contributed by atoms with Gasteiger partial charge in [-0.15, -0.1) is 0 Å². The highest BCUT2D eigenvalue weighted by molar-refractivity contribution is 5.68. The number of rotatable bonds is 1. The Kier molecular flexibility index (Phi) is 6.79. The van der Waals surface area contributed by atoms with Crippen LogP contribution in [0.4, 0.5) is 43.9 Å². The van der Waals surface area contributed by atoms with Crippen LogP contribution in [0.5, 0.6) is 0 Å². The molecule has 0 N–H and O–H groups in total. The molecule has 2 aliphatic rings. The number of alkyl halides is 4. The van der Waals surface area contributed by atoms with Crippen LogP contribution in [0, 0.1) is 33.7 Å². The Morgan fingerprint density at radius 2 is 1.32 bits per heavy atom. The van der Waals surface area contributed by atoms with Gasteiger partial charge in [0.05, 0.1) is 5.22 Å². The first kappa shape index (κ1) is 26.2. The van der Waals surface area contributed by atoms with Gasteiger partial charge in [-0.3, -0.25) is 0 Å². The molecule has 1 atom stereocenters. The monoisotopic (exact) mass is 528 g/mol. The van der Waals surface area contributed by atoms with E-state index in [-0.39, 0.29) is 16.9 Å². The summed E-state index contributed by atoms with van der Waals surface area (Å²) < 4.78 is 140. The SMILES string of the molecule is C=CC1=CC(F)C(=c2cc(F)c(=c3cc(F)c(=C4C=C(F)C(C(F)(F)F)=C(F)C4)c(F)c3)c(F)c2)C=C1. The van der Waals surface area contributed by atoms with Crippen molar-refractivity contribution in [2.45, 2.75) is 18.8 Å². The first-order chi connectivity index (χ1) is 17.3. The molecule has 0 saturated heterocycles. The molecule has 0 spiro atoms. The standard InChI is InChI=1S/C27H14F10/c1-2-12-3-4-16(17(28)5-12)13-6-18(29)24(19(30)7-13)14-8-20(31)25(21(32)9-14)15-10-22(33)26(23(34)11-15)27(35,36)37/h2-10,17H,1,11H2. The summed E-state index contributed by atoms with van der Waals surface area (Å²) in [5.41, 5.74) is -2.58. The van der Waals surface area contributed by atoms with Crippen molar-refractivity contribution in [1.82, 2.24) is 0 Å². The van der Waals surface area contributed by atoms with Crippen LogP contribution in [0.25, 0.3) is 11.1 Å². The van der Waals surface area contributed by atoms with Crippen molar-refractivity contribution in [1.29, 1.82) is 0 Å². The van der Waals surface area contributed by atoms with Gasteiger partial charge >= 0.3 is 6.18 Å². The molecule has 192 valence electrons. The molecule has 0 radical (unpaired) electrons. The highest BCUT2D eigenvalue weighted by atomic mass is 19.4. The second-order valence-corrected chi connectivity index (χ2v) is 8.16. The predicted molar refractivity (Wildman–Crippen MR) is 117 cm³/mol. The zero-order valence-electron chi connectivity index (χ0n) is 18.5. The van der Waals surface area contributed by atoms with Crippen molar-refractivity contribution < 1.29 is 43.9 Å². The number of hydrogen-bond acceptors (Lipinski definition) is 0. The third-order valence-corrected chi connectivity index (χ3v) is 5.79. The molecule has 0 saturated carbocycles. The van der Waals surface area contributed by atoms with Crippen molar-refractivity contribution in [2.75, 3.05) is 0 Å². The minimum atomic E-state index is -5.36. The minimum Gasteiger partial charge on any atom is -0.238 e. The van der Waals surface area contributed by atoms with Crippen molar-refractivity contribution in [2.24, 2.45) is 0 Å². The Hall–Kier alpha value is -3.82. The van der Waals surface area contributed by atoms with E-state index in [9.17, 15) is 43.9 Å². The molecule has 0 amide bonds. The second-order valence-electron chi connectivity index (χ2n) is 8.16. The summed E-state index contributed by atoms with van der Waals surface area (Å²) >= 11 is 0. The van der Waals surface area contributed by atoms with Gasteiger partial charge in [0.25, 0.3) is 0 Å². The number of hydrogen-bond donors (Lipinski definition) is 0. The Morgan fingerprint density at radius 3 is 1.81 bits per heavy atom. The summed E-state index contributed by atoms with van der Waals surface area (Å²) in [4.78, 5) is 0. The summed E-state index contributed by atoms with van der Waals surface area (Å²) in [5.74, 6) is -9.65. The lowest BCUT2D eigenvalue weighted by atomic mass is 9.96. The average molecular weight is 528 g/mol. The van der Waals surface area contributed by atoms with Gasteiger partial charge in [-0.25, -0.2) is 30.7 Å². The summed E-state index contributed by atoms with van der Waals surface area (Å²) in [7, 11) is 0. The zero-order valence-corrected chi connectivity index (χ0v) is 18.5. The van der Waals surface area contributed by atoms with Gasteiger partial charge in [-0.05, 0) is 63.6 Å². The number of benzene rings is 2. The molecule has 0 heterocycles. The van der Waals surface area contributed by atoms with E-state index >= 15 is 0 Å². The molecule has 2 aliphatic carbocycles.